The fourth-order valence-corrected chi connectivity index (χ4v) is 1.29. The number of hydrogen-bond acceptors (Lipinski definition) is 2. The smallest absolute Gasteiger partial charge is 0.246 e. The Morgan fingerprint density at radius 2 is 2.06 bits per heavy atom. The molecule has 0 spiro atoms. The zero-order chi connectivity index (χ0) is 12.4. The number of ether oxygens (including phenoxy) is 1. The lowest BCUT2D eigenvalue weighted by Gasteiger charge is -2.22. The molecule has 0 saturated heterocycles. The van der Waals surface area contributed by atoms with Crippen LogP contribution in [0.2, 0.25) is 0 Å². The van der Waals surface area contributed by atoms with Crippen LogP contribution in [0.4, 0.5) is 0 Å². The highest BCUT2D eigenvalue weighted by atomic mass is 16.5. The van der Waals surface area contributed by atoms with E-state index in [1.807, 2.05) is 24.0 Å². The van der Waals surface area contributed by atoms with Gasteiger partial charge in [-0.1, -0.05) is 32.1 Å². The number of hydrogen-bond donors (Lipinski definition) is 0. The van der Waals surface area contributed by atoms with Gasteiger partial charge in [-0.25, -0.2) is 0 Å². The molecule has 0 aromatic heterocycles. The number of methoxy groups -OCH3 is 1. The highest BCUT2D eigenvalue weighted by molar-refractivity contribution is 5.87. The van der Waals surface area contributed by atoms with Gasteiger partial charge in [0.1, 0.15) is 0 Å². The van der Waals surface area contributed by atoms with Crippen LogP contribution in [0.15, 0.2) is 24.3 Å². The van der Waals surface area contributed by atoms with Gasteiger partial charge in [-0.2, -0.15) is 0 Å². The van der Waals surface area contributed by atoms with E-state index in [1.54, 1.807) is 19.3 Å². The fraction of sp³-hybridized carbons (Fsp3) is 0.615. The summed E-state index contributed by atoms with van der Waals surface area (Å²) in [6.07, 6.45) is 7.11. The van der Waals surface area contributed by atoms with E-state index in [2.05, 4.69) is 13.8 Å². The molecule has 0 atom stereocenters. The molecular formula is C13H23NO2. The predicted molar refractivity (Wildman–Crippen MR) is 67.2 cm³/mol. The van der Waals surface area contributed by atoms with Crippen molar-refractivity contribution in [3.63, 3.8) is 0 Å². The van der Waals surface area contributed by atoms with Crippen molar-refractivity contribution in [1.29, 1.82) is 0 Å². The van der Waals surface area contributed by atoms with Crippen molar-refractivity contribution in [3.8, 4) is 0 Å². The number of carbonyl (C=O) groups excluding carboxylic acids is 1. The molecule has 3 nitrogen and oxygen atoms in total. The summed E-state index contributed by atoms with van der Waals surface area (Å²) in [6.45, 7) is 8.11. The third-order valence-electron chi connectivity index (χ3n) is 2.00. The zero-order valence-corrected chi connectivity index (χ0v) is 10.8. The maximum Gasteiger partial charge on any atom is 0.246 e. The molecule has 1 amide bonds. The van der Waals surface area contributed by atoms with Gasteiger partial charge in [0.15, 0.2) is 0 Å². The Morgan fingerprint density at radius 3 is 2.56 bits per heavy atom. The lowest BCUT2D eigenvalue weighted by molar-refractivity contribution is -0.127. The van der Waals surface area contributed by atoms with Gasteiger partial charge in [0.25, 0.3) is 0 Å². The van der Waals surface area contributed by atoms with Crippen LogP contribution in [0.25, 0.3) is 0 Å². The summed E-state index contributed by atoms with van der Waals surface area (Å²) < 4.78 is 5.00. The molecule has 0 heterocycles. The van der Waals surface area contributed by atoms with Crippen LogP contribution in [-0.2, 0) is 9.53 Å². The number of allylic oxidation sites excluding steroid dienone is 3. The third kappa shape index (κ3) is 7.23. The summed E-state index contributed by atoms with van der Waals surface area (Å²) >= 11 is 0. The van der Waals surface area contributed by atoms with Crippen molar-refractivity contribution in [3.05, 3.63) is 24.3 Å². The van der Waals surface area contributed by atoms with E-state index in [1.165, 1.54) is 0 Å². The molecular weight excluding hydrogens is 202 g/mol. The maximum atomic E-state index is 11.8. The Kier molecular flexibility index (Phi) is 8.53. The lowest BCUT2D eigenvalue weighted by Crippen LogP contribution is -2.35. The molecule has 16 heavy (non-hydrogen) atoms. The van der Waals surface area contributed by atoms with Crippen molar-refractivity contribution in [2.45, 2.75) is 20.8 Å². The summed E-state index contributed by atoms with van der Waals surface area (Å²) in [7, 11) is 1.65. The molecule has 0 fully saturated rings. The van der Waals surface area contributed by atoms with Crippen LogP contribution < -0.4 is 0 Å². The van der Waals surface area contributed by atoms with E-state index in [4.69, 9.17) is 4.74 Å². The van der Waals surface area contributed by atoms with Crippen LogP contribution >= 0.6 is 0 Å². The van der Waals surface area contributed by atoms with E-state index in [0.29, 0.717) is 19.1 Å². The Bertz CT molecular complexity index is 244. The SMILES string of the molecule is CC=C/C=C/C(=O)N(CCOC)CC(C)C. The summed E-state index contributed by atoms with van der Waals surface area (Å²) in [5, 5.41) is 0. The van der Waals surface area contributed by atoms with Crippen molar-refractivity contribution < 1.29 is 9.53 Å². The summed E-state index contributed by atoms with van der Waals surface area (Å²) in [5.74, 6) is 0.514. The highest BCUT2D eigenvalue weighted by Crippen LogP contribution is 2.00. The monoisotopic (exact) mass is 225 g/mol. The average Bonchev–Trinajstić information content (AvgIpc) is 2.23. The van der Waals surface area contributed by atoms with Gasteiger partial charge in [0.05, 0.1) is 6.61 Å². The summed E-state index contributed by atoms with van der Waals surface area (Å²) in [6, 6.07) is 0. The van der Waals surface area contributed by atoms with Crippen LogP contribution in [-0.4, -0.2) is 37.6 Å². The van der Waals surface area contributed by atoms with Gasteiger partial charge < -0.3 is 9.64 Å². The minimum atomic E-state index is 0.0452. The summed E-state index contributed by atoms with van der Waals surface area (Å²) in [4.78, 5) is 13.6. The fourth-order valence-electron chi connectivity index (χ4n) is 1.29. The second-order valence-electron chi connectivity index (χ2n) is 4.06. The second kappa shape index (κ2) is 9.16. The third-order valence-corrected chi connectivity index (χ3v) is 2.00. The van der Waals surface area contributed by atoms with Crippen molar-refractivity contribution >= 4 is 5.91 Å². The molecule has 92 valence electrons. The Balaban J connectivity index is 4.30. The molecule has 0 aliphatic heterocycles. The number of carbonyl (C=O) groups is 1. The molecule has 3 heteroatoms. The van der Waals surface area contributed by atoms with E-state index in [-0.39, 0.29) is 5.91 Å². The maximum absolute atomic E-state index is 11.8. The molecule has 0 aliphatic rings. The van der Waals surface area contributed by atoms with Crippen molar-refractivity contribution in [2.75, 3.05) is 26.8 Å². The van der Waals surface area contributed by atoms with Gasteiger partial charge in [-0.15, -0.1) is 0 Å². The van der Waals surface area contributed by atoms with Crippen LogP contribution in [0.3, 0.4) is 0 Å². The molecule has 0 bridgehead atoms. The molecule has 0 N–H and O–H groups in total. The van der Waals surface area contributed by atoms with Gasteiger partial charge in [0, 0.05) is 26.3 Å². The molecule has 0 aromatic rings. The Hall–Kier alpha value is -1.09. The predicted octanol–water partition coefficient (Wildman–Crippen LogP) is 2.25. The topological polar surface area (TPSA) is 29.5 Å². The van der Waals surface area contributed by atoms with Gasteiger partial charge in [-0.05, 0) is 12.8 Å². The largest absolute Gasteiger partial charge is 0.383 e. The van der Waals surface area contributed by atoms with E-state index >= 15 is 0 Å². The van der Waals surface area contributed by atoms with Crippen LogP contribution in [0.5, 0.6) is 0 Å². The normalized spacial score (nSPS) is 11.8. The zero-order valence-electron chi connectivity index (χ0n) is 10.8. The van der Waals surface area contributed by atoms with Crippen LogP contribution in [0.1, 0.15) is 20.8 Å². The first-order valence-corrected chi connectivity index (χ1v) is 5.69. The van der Waals surface area contributed by atoms with Gasteiger partial charge in [-0.3, -0.25) is 4.79 Å². The molecule has 0 aromatic carbocycles. The number of amides is 1. The second-order valence-corrected chi connectivity index (χ2v) is 4.06. The molecule has 0 aliphatic carbocycles. The molecule has 0 saturated carbocycles. The quantitative estimate of drug-likeness (QED) is 0.491. The standard InChI is InChI=1S/C13H23NO2/c1-5-6-7-8-13(15)14(9-10-16-4)11-12(2)3/h5-8,12H,9-11H2,1-4H3/b6-5?,8-7+. The van der Waals surface area contributed by atoms with Crippen molar-refractivity contribution in [1.82, 2.24) is 4.90 Å². The number of rotatable bonds is 7. The number of nitrogens with zero attached hydrogens (tertiary/aromatic N) is 1. The first kappa shape index (κ1) is 14.9. The van der Waals surface area contributed by atoms with E-state index < -0.39 is 0 Å². The Morgan fingerprint density at radius 1 is 1.38 bits per heavy atom. The highest BCUT2D eigenvalue weighted by Gasteiger charge is 2.11. The Labute approximate surface area is 98.8 Å². The minimum Gasteiger partial charge on any atom is -0.383 e. The average molecular weight is 225 g/mol. The van der Waals surface area contributed by atoms with Gasteiger partial charge >= 0.3 is 0 Å². The van der Waals surface area contributed by atoms with E-state index in [0.717, 1.165) is 6.54 Å². The van der Waals surface area contributed by atoms with Gasteiger partial charge in [0.2, 0.25) is 5.91 Å². The first-order valence-electron chi connectivity index (χ1n) is 5.69. The lowest BCUT2D eigenvalue weighted by atomic mass is 10.2. The summed E-state index contributed by atoms with van der Waals surface area (Å²) in [5.41, 5.74) is 0. The minimum absolute atomic E-state index is 0.0452. The van der Waals surface area contributed by atoms with Crippen molar-refractivity contribution in [2.24, 2.45) is 5.92 Å². The molecule has 0 rings (SSSR count). The molecule has 0 radical (unpaired) electrons. The van der Waals surface area contributed by atoms with Crippen LogP contribution in [0, 0.1) is 5.92 Å². The molecule has 0 unspecified atom stereocenters. The van der Waals surface area contributed by atoms with E-state index in [9.17, 15) is 4.79 Å². The first-order chi connectivity index (χ1) is 7.61.